The van der Waals surface area contributed by atoms with E-state index in [-0.39, 0.29) is 108 Å². The smallest absolute Gasteiger partial charge is 0.809 e. The molecule has 1 aromatic heterocycles. The van der Waals surface area contributed by atoms with Crippen molar-refractivity contribution in [3.05, 3.63) is 22.7 Å². The van der Waals surface area contributed by atoms with Crippen LogP contribution in [-0.2, 0) is 27.7 Å². The SMILES string of the molecule is Nc1ccn([C@@H]2O[C@H](COP(=O)([O-])OC(C(=O)N3CCCC3)P(=O)([O-])[O-])[C@@H](O)[C@H]2O)c(=O)n1.[Na+].[Na+].[Na+]. The number of amides is 1. The van der Waals surface area contributed by atoms with Crippen LogP contribution in [0.5, 0.6) is 0 Å². The Morgan fingerprint density at radius 1 is 1.19 bits per heavy atom. The van der Waals surface area contributed by atoms with Crippen molar-refractivity contribution in [1.82, 2.24) is 14.5 Å². The van der Waals surface area contributed by atoms with Gasteiger partial charge in [0.2, 0.25) is 0 Å². The van der Waals surface area contributed by atoms with Crippen molar-refractivity contribution >= 4 is 27.1 Å². The number of carbonyl (C=O) groups excluding carboxylic acids is 1. The molecule has 0 radical (unpaired) electrons. The van der Waals surface area contributed by atoms with E-state index < -0.39 is 64.0 Å². The van der Waals surface area contributed by atoms with Crippen molar-refractivity contribution in [1.29, 1.82) is 0 Å². The molecule has 0 spiro atoms. The number of rotatable bonds is 8. The number of phosphoric ester groups is 1. The Morgan fingerprint density at radius 2 is 1.78 bits per heavy atom. The maximum absolute atomic E-state index is 12.2. The van der Waals surface area contributed by atoms with Crippen LogP contribution in [0.3, 0.4) is 0 Å². The molecule has 4 N–H and O–H groups in total. The van der Waals surface area contributed by atoms with E-state index in [0.717, 1.165) is 15.7 Å². The number of aliphatic hydroxyl groups is 2. The van der Waals surface area contributed by atoms with E-state index >= 15 is 0 Å². The summed E-state index contributed by atoms with van der Waals surface area (Å²) in [5.74, 6) is -4.30. The van der Waals surface area contributed by atoms with Gasteiger partial charge in [0.1, 0.15) is 24.1 Å². The molecule has 16 nitrogen and oxygen atoms in total. The molecule has 0 aliphatic carbocycles. The van der Waals surface area contributed by atoms with E-state index in [1.807, 2.05) is 0 Å². The summed E-state index contributed by atoms with van der Waals surface area (Å²) in [6.45, 7) is -0.744. The van der Waals surface area contributed by atoms with Gasteiger partial charge in [-0.1, -0.05) is 0 Å². The predicted octanol–water partition coefficient (Wildman–Crippen LogP) is -13.2. The van der Waals surface area contributed by atoms with Crippen LogP contribution in [0.1, 0.15) is 19.1 Å². The Labute approximate surface area is 271 Å². The fourth-order valence-electron chi connectivity index (χ4n) is 3.37. The summed E-state index contributed by atoms with van der Waals surface area (Å²) in [5, 5.41) is 20.3. The molecule has 2 aliphatic rings. The molecule has 2 aliphatic heterocycles. The normalized spacial score (nSPS) is 26.2. The van der Waals surface area contributed by atoms with Crippen LogP contribution in [-0.4, -0.2) is 74.4 Å². The average molecular weight is 580 g/mol. The van der Waals surface area contributed by atoms with Gasteiger partial charge in [-0.2, -0.15) is 4.98 Å². The van der Waals surface area contributed by atoms with Crippen molar-refractivity contribution < 1.29 is 141 Å². The molecule has 3 rings (SSSR count). The van der Waals surface area contributed by atoms with E-state index in [0.29, 0.717) is 12.8 Å². The van der Waals surface area contributed by atoms with Crippen molar-refractivity contribution in [2.24, 2.45) is 0 Å². The molecule has 36 heavy (non-hydrogen) atoms. The molecular formula is C15H21N4Na3O12P2. The van der Waals surface area contributed by atoms with Gasteiger partial charge < -0.3 is 49.4 Å². The molecule has 2 unspecified atom stereocenters. The summed E-state index contributed by atoms with van der Waals surface area (Å²) < 4.78 is 38.4. The van der Waals surface area contributed by atoms with Gasteiger partial charge in [-0.25, -0.2) is 4.79 Å². The topological polar surface area (TPSA) is 253 Å². The van der Waals surface area contributed by atoms with Crippen LogP contribution in [0.2, 0.25) is 0 Å². The number of hydrogen-bond donors (Lipinski definition) is 3. The minimum absolute atomic E-state index is 0. The van der Waals surface area contributed by atoms with Gasteiger partial charge in [0.25, 0.3) is 13.7 Å². The first-order valence-electron chi connectivity index (χ1n) is 9.61. The Morgan fingerprint density at radius 3 is 2.31 bits per heavy atom. The van der Waals surface area contributed by atoms with E-state index in [2.05, 4.69) is 14.0 Å². The number of anilines is 1. The molecule has 0 saturated carbocycles. The third-order valence-electron chi connectivity index (χ3n) is 5.00. The quantitative estimate of drug-likeness (QED) is 0.191. The number of nitrogen functional groups attached to an aromatic ring is 1. The Hall–Kier alpha value is 1.29. The zero-order chi connectivity index (χ0) is 24.6. The van der Waals surface area contributed by atoms with Crippen LogP contribution in [0.4, 0.5) is 5.82 Å². The van der Waals surface area contributed by atoms with Crippen molar-refractivity contribution in [3.8, 4) is 0 Å². The Kier molecular flexibility index (Phi) is 15.9. The molecule has 2 fully saturated rings. The second kappa shape index (κ2) is 15.3. The first kappa shape index (κ1) is 37.3. The minimum Gasteiger partial charge on any atom is -0.809 e. The van der Waals surface area contributed by atoms with Gasteiger partial charge in [-0.15, -0.1) is 0 Å². The number of hydrogen-bond acceptors (Lipinski definition) is 14. The van der Waals surface area contributed by atoms with Crippen LogP contribution < -0.4 is 115 Å². The summed E-state index contributed by atoms with van der Waals surface area (Å²) >= 11 is 0. The van der Waals surface area contributed by atoms with Gasteiger partial charge in [-0.05, 0) is 26.5 Å². The molecule has 21 heteroatoms. The summed E-state index contributed by atoms with van der Waals surface area (Å²) in [5.41, 5.74) is 4.45. The maximum Gasteiger partial charge on any atom is 1.00 e. The summed E-state index contributed by atoms with van der Waals surface area (Å²) in [7, 11) is -11.4. The van der Waals surface area contributed by atoms with Crippen LogP contribution in [0, 0.1) is 0 Å². The summed E-state index contributed by atoms with van der Waals surface area (Å²) in [6.07, 6.45) is -4.25. The monoisotopic (exact) mass is 580 g/mol. The summed E-state index contributed by atoms with van der Waals surface area (Å²) in [4.78, 5) is 63.6. The molecular weight excluding hydrogens is 559 g/mol. The molecule has 6 atom stereocenters. The van der Waals surface area contributed by atoms with Gasteiger partial charge in [-0.3, -0.25) is 18.5 Å². The molecule has 2 saturated heterocycles. The molecule has 3 heterocycles. The van der Waals surface area contributed by atoms with E-state index in [4.69, 9.17) is 10.5 Å². The van der Waals surface area contributed by atoms with Gasteiger partial charge in [0, 0.05) is 19.3 Å². The first-order chi connectivity index (χ1) is 15.3. The van der Waals surface area contributed by atoms with Crippen molar-refractivity contribution in [2.45, 2.75) is 43.2 Å². The molecule has 1 aromatic rings. The molecule has 0 bridgehead atoms. The minimum atomic E-state index is -5.85. The van der Waals surface area contributed by atoms with Gasteiger partial charge in [0.05, 0.1) is 6.61 Å². The third-order valence-corrected chi connectivity index (χ3v) is 7.01. The van der Waals surface area contributed by atoms with Crippen molar-refractivity contribution in [2.75, 3.05) is 25.4 Å². The van der Waals surface area contributed by atoms with E-state index in [1.165, 1.54) is 6.07 Å². The number of phosphoric acid groups is 1. The van der Waals surface area contributed by atoms with Crippen LogP contribution in [0.25, 0.3) is 0 Å². The Balaban J connectivity index is 0.00000408. The molecule has 0 aromatic carbocycles. The third kappa shape index (κ3) is 9.44. The standard InChI is InChI=1S/C15H24N4O12P2.3Na/c16-9-3-6-19(15(23)17-9)13-11(21)10(20)8(30-13)7-29-33(27,28)31-14(32(24,25)26)12(22)18-4-1-2-5-18;;;/h3,6,8,10-11,13-14,20-21H,1-2,4-5,7H2,(H,27,28)(H2,16,17,23)(H2,24,25,26);;;/q;3*+1/p-3/t8-,10-,11-,13-,14?;;;/m1.../s1. The second-order valence-corrected chi connectivity index (χ2v) is 10.3. The van der Waals surface area contributed by atoms with E-state index in [9.17, 15) is 43.6 Å². The number of nitrogens with two attached hydrogens (primary N) is 1. The fourth-order valence-corrected chi connectivity index (χ4v) is 5.33. The zero-order valence-corrected chi connectivity index (χ0v) is 27.7. The van der Waals surface area contributed by atoms with Gasteiger partial charge >= 0.3 is 94.4 Å². The maximum atomic E-state index is 12.2. The number of nitrogens with zero attached hydrogens (tertiary/aromatic N) is 3. The average Bonchev–Trinajstić information content (AvgIpc) is 3.34. The number of carbonyl (C=O) groups is 1. The number of likely N-dealkylation sites (tertiary alicyclic amines) is 1. The number of aromatic nitrogens is 2. The fraction of sp³-hybridized carbons (Fsp3) is 0.667. The summed E-state index contributed by atoms with van der Waals surface area (Å²) in [6, 6.07) is 1.22. The van der Waals surface area contributed by atoms with Crippen LogP contribution >= 0.6 is 15.4 Å². The van der Waals surface area contributed by atoms with Gasteiger partial charge in [0.15, 0.2) is 12.1 Å². The first-order valence-corrected chi connectivity index (χ1v) is 12.7. The number of ether oxygens (including phenoxy) is 1. The predicted molar refractivity (Wildman–Crippen MR) is 101 cm³/mol. The molecule has 186 valence electrons. The van der Waals surface area contributed by atoms with E-state index in [1.54, 1.807) is 0 Å². The zero-order valence-electron chi connectivity index (χ0n) is 19.9. The Bertz CT molecular complexity index is 1040. The number of aliphatic hydroxyl groups excluding tert-OH is 2. The largest absolute Gasteiger partial charge is 1.00 e. The molecule has 1 amide bonds. The van der Waals surface area contributed by atoms with Crippen LogP contribution in [0.15, 0.2) is 17.1 Å². The van der Waals surface area contributed by atoms with Crippen molar-refractivity contribution in [3.63, 3.8) is 0 Å². The second-order valence-electron chi connectivity index (χ2n) is 7.36.